The molecule has 6 rings (SSSR count). The van der Waals surface area contributed by atoms with Gasteiger partial charge in [0.15, 0.2) is 0 Å². The highest BCUT2D eigenvalue weighted by Crippen LogP contribution is 2.65. The molecule has 9 nitrogen and oxygen atoms in total. The molecular formula is C33H50BN3O6. The van der Waals surface area contributed by atoms with Gasteiger partial charge >= 0.3 is 13.2 Å². The van der Waals surface area contributed by atoms with E-state index in [4.69, 9.17) is 14.0 Å². The molecular weight excluding hydrogens is 545 g/mol. The number of ether oxygens (including phenoxy) is 1. The molecule has 5 aliphatic rings. The van der Waals surface area contributed by atoms with Crippen LogP contribution in [0.15, 0.2) is 30.3 Å². The predicted octanol–water partition coefficient (Wildman–Crippen LogP) is 5.04. The van der Waals surface area contributed by atoms with E-state index in [9.17, 15) is 14.4 Å². The topological polar surface area (TPSA) is 106 Å². The minimum atomic E-state index is -1.19. The van der Waals surface area contributed by atoms with Crippen LogP contribution in [0.4, 0.5) is 4.79 Å². The van der Waals surface area contributed by atoms with Crippen LogP contribution in [0, 0.1) is 23.2 Å². The van der Waals surface area contributed by atoms with Gasteiger partial charge in [-0.15, -0.1) is 0 Å². The number of rotatable bonds is 8. The molecule has 2 bridgehead atoms. The molecule has 0 aromatic heterocycles. The smallest absolute Gasteiger partial charge is 0.444 e. The Morgan fingerprint density at radius 1 is 1.14 bits per heavy atom. The van der Waals surface area contributed by atoms with Gasteiger partial charge in [0.2, 0.25) is 11.8 Å². The molecule has 0 radical (unpaired) electrons. The summed E-state index contributed by atoms with van der Waals surface area (Å²) >= 11 is 0. The van der Waals surface area contributed by atoms with Crippen molar-refractivity contribution >= 4 is 25.0 Å². The van der Waals surface area contributed by atoms with E-state index in [2.05, 4.69) is 31.4 Å². The summed E-state index contributed by atoms with van der Waals surface area (Å²) < 4.78 is 18.7. The Kier molecular flexibility index (Phi) is 8.21. The summed E-state index contributed by atoms with van der Waals surface area (Å²) in [7, 11) is -0.562. The van der Waals surface area contributed by atoms with Crippen LogP contribution in [0.25, 0.3) is 0 Å². The first-order valence-electron chi connectivity index (χ1n) is 16.0. The highest BCUT2D eigenvalue weighted by molar-refractivity contribution is 6.47. The van der Waals surface area contributed by atoms with Crippen molar-refractivity contribution in [2.24, 2.45) is 23.2 Å². The number of amides is 3. The van der Waals surface area contributed by atoms with Crippen molar-refractivity contribution in [2.45, 2.75) is 123 Å². The lowest BCUT2D eigenvalue weighted by molar-refractivity contribution is -0.199. The summed E-state index contributed by atoms with van der Waals surface area (Å²) in [6, 6.07) is 8.46. The number of nitrogens with zero attached hydrogens (tertiary/aromatic N) is 1. The lowest BCUT2D eigenvalue weighted by atomic mass is 9.43. The predicted molar refractivity (Wildman–Crippen MR) is 165 cm³/mol. The van der Waals surface area contributed by atoms with Crippen LogP contribution < -0.4 is 10.6 Å². The van der Waals surface area contributed by atoms with Gasteiger partial charge in [0.05, 0.1) is 17.6 Å². The van der Waals surface area contributed by atoms with E-state index >= 15 is 0 Å². The molecule has 0 spiro atoms. The van der Waals surface area contributed by atoms with E-state index in [1.54, 1.807) is 25.7 Å². The summed E-state index contributed by atoms with van der Waals surface area (Å²) in [6.07, 6.45) is 2.47. The average molecular weight is 596 g/mol. The number of carbonyl (C=O) groups excluding carboxylic acids is 3. The number of likely N-dealkylation sites (tertiary alicyclic amines) is 1. The molecule has 5 fully saturated rings. The van der Waals surface area contributed by atoms with Crippen LogP contribution in [-0.2, 0) is 23.6 Å². The summed E-state index contributed by atoms with van der Waals surface area (Å²) in [6.45, 7) is 18.3. The third-order valence-electron chi connectivity index (χ3n) is 10.8. The molecule has 2 heterocycles. The van der Waals surface area contributed by atoms with E-state index in [1.165, 1.54) is 0 Å². The summed E-state index contributed by atoms with van der Waals surface area (Å²) in [5.74, 6) is -0.136. The molecule has 1 aromatic rings. The summed E-state index contributed by atoms with van der Waals surface area (Å²) in [5, 5.41) is 6.11. The molecule has 2 saturated heterocycles. The molecule has 1 aromatic carbocycles. The molecule has 3 saturated carbocycles. The standard InChI is InChI=1S/C33H50BN3O6/c1-10-25(34-42-24-19-22-18-23(31(22,7)8)32(24,9)43-34)35-27(38)26(21-14-12-11-13-15-21)37-17-16-33(20(2)3,28(37)39)36-29(40)41-30(4,5)6/h11-15,20,22-26H,10,16-19H2,1-9H3,(H,35,38)(H,36,40)/t22?,23?,24?,25-,26-,32?,33?/m0/s1. The molecule has 2 N–H and O–H groups in total. The Bertz CT molecular complexity index is 1230. The van der Waals surface area contributed by atoms with Crippen LogP contribution in [0.5, 0.6) is 0 Å². The normalized spacial score (nSPS) is 32.6. The van der Waals surface area contributed by atoms with Crippen LogP contribution in [0.2, 0.25) is 0 Å². The minimum Gasteiger partial charge on any atom is -0.444 e. The van der Waals surface area contributed by atoms with Gasteiger partial charge in [0.1, 0.15) is 17.2 Å². The molecule has 2 aliphatic heterocycles. The van der Waals surface area contributed by atoms with E-state index in [0.717, 1.165) is 12.8 Å². The van der Waals surface area contributed by atoms with Crippen molar-refractivity contribution in [1.29, 1.82) is 0 Å². The fourth-order valence-electron chi connectivity index (χ4n) is 8.09. The Labute approximate surface area is 257 Å². The minimum absolute atomic E-state index is 0.0101. The van der Waals surface area contributed by atoms with Crippen LogP contribution in [-0.4, -0.2) is 65.3 Å². The SMILES string of the molecule is CC[C@H](NC(=O)[C@H](c1ccccc1)N1CCC(NC(=O)OC(C)(C)C)(C(C)C)C1=O)B1OC2CC3CC(C3(C)C)C2(C)O1. The fraction of sp³-hybridized carbons (Fsp3) is 0.727. The molecule has 5 unspecified atom stereocenters. The maximum atomic E-state index is 14.2. The Morgan fingerprint density at radius 3 is 2.40 bits per heavy atom. The maximum Gasteiger partial charge on any atom is 0.481 e. The van der Waals surface area contributed by atoms with Crippen molar-refractivity contribution in [3.05, 3.63) is 35.9 Å². The van der Waals surface area contributed by atoms with Gasteiger partial charge in [0, 0.05) is 6.54 Å². The average Bonchev–Trinajstić information content (AvgIpc) is 3.44. The van der Waals surface area contributed by atoms with Gasteiger partial charge in [-0.2, -0.15) is 0 Å². The largest absolute Gasteiger partial charge is 0.481 e. The van der Waals surface area contributed by atoms with E-state index in [1.807, 2.05) is 51.1 Å². The van der Waals surface area contributed by atoms with Crippen LogP contribution in [0.1, 0.15) is 99.6 Å². The molecule has 10 heteroatoms. The van der Waals surface area contributed by atoms with Gasteiger partial charge in [0.25, 0.3) is 0 Å². The van der Waals surface area contributed by atoms with Gasteiger partial charge in [-0.3, -0.25) is 9.59 Å². The fourth-order valence-corrected chi connectivity index (χ4v) is 8.09. The first-order valence-corrected chi connectivity index (χ1v) is 16.0. The summed E-state index contributed by atoms with van der Waals surface area (Å²) in [4.78, 5) is 42.9. The molecule has 43 heavy (non-hydrogen) atoms. The molecule has 3 aliphatic carbocycles. The number of benzene rings is 1. The Morgan fingerprint density at radius 2 is 1.81 bits per heavy atom. The van der Waals surface area contributed by atoms with E-state index < -0.39 is 30.4 Å². The lowest BCUT2D eigenvalue weighted by Gasteiger charge is -2.64. The third-order valence-corrected chi connectivity index (χ3v) is 10.8. The second-order valence-electron chi connectivity index (χ2n) is 15.2. The van der Waals surface area contributed by atoms with Crippen LogP contribution >= 0.6 is 0 Å². The second kappa shape index (κ2) is 11.1. The zero-order valence-electron chi connectivity index (χ0n) is 27.4. The van der Waals surface area contributed by atoms with Crippen molar-refractivity contribution in [1.82, 2.24) is 15.5 Å². The van der Waals surface area contributed by atoms with Crippen molar-refractivity contribution in [3.8, 4) is 0 Å². The van der Waals surface area contributed by atoms with Gasteiger partial charge in [-0.05, 0) is 82.1 Å². The Hall–Kier alpha value is -2.59. The highest BCUT2D eigenvalue weighted by Gasteiger charge is 2.68. The first-order chi connectivity index (χ1) is 20.0. The highest BCUT2D eigenvalue weighted by atomic mass is 16.7. The third kappa shape index (κ3) is 5.47. The number of hydrogen-bond acceptors (Lipinski definition) is 6. The number of carbonyl (C=O) groups is 3. The maximum absolute atomic E-state index is 14.2. The van der Waals surface area contributed by atoms with Crippen LogP contribution in [0.3, 0.4) is 0 Å². The quantitative estimate of drug-likeness (QED) is 0.408. The number of alkyl carbamates (subject to hydrolysis) is 1. The van der Waals surface area contributed by atoms with E-state index in [-0.39, 0.29) is 40.8 Å². The van der Waals surface area contributed by atoms with Crippen molar-refractivity contribution < 1.29 is 28.4 Å². The van der Waals surface area contributed by atoms with Crippen molar-refractivity contribution in [2.75, 3.05) is 6.54 Å². The zero-order valence-corrected chi connectivity index (χ0v) is 27.4. The second-order valence-corrected chi connectivity index (χ2v) is 15.2. The number of hydrogen-bond donors (Lipinski definition) is 2. The van der Waals surface area contributed by atoms with Crippen molar-refractivity contribution in [3.63, 3.8) is 0 Å². The number of nitrogens with one attached hydrogen (secondary N) is 2. The molecule has 7 atom stereocenters. The first kappa shape index (κ1) is 31.8. The van der Waals surface area contributed by atoms with Gasteiger partial charge in [-0.25, -0.2) is 4.79 Å². The van der Waals surface area contributed by atoms with E-state index in [0.29, 0.717) is 36.8 Å². The summed E-state index contributed by atoms with van der Waals surface area (Å²) in [5.41, 5.74) is -1.35. The monoisotopic (exact) mass is 595 g/mol. The lowest BCUT2D eigenvalue weighted by Crippen LogP contribution is -2.65. The molecule has 236 valence electrons. The zero-order chi connectivity index (χ0) is 31.5. The Balaban J connectivity index is 1.37. The van der Waals surface area contributed by atoms with Gasteiger partial charge in [-0.1, -0.05) is 65.0 Å². The molecule has 3 amide bonds. The van der Waals surface area contributed by atoms with Gasteiger partial charge < -0.3 is 29.6 Å².